The van der Waals surface area contributed by atoms with Crippen molar-refractivity contribution in [2.45, 2.75) is 11.8 Å². The molecule has 0 fully saturated rings. The molecule has 1 aromatic carbocycles. The van der Waals surface area contributed by atoms with E-state index < -0.39 is 0 Å². The normalized spacial score (nSPS) is 12.8. The summed E-state index contributed by atoms with van der Waals surface area (Å²) in [5, 5.41) is 0. The van der Waals surface area contributed by atoms with Gasteiger partial charge >= 0.3 is 0 Å². The predicted octanol–water partition coefficient (Wildman–Crippen LogP) is 5.94. The van der Waals surface area contributed by atoms with Crippen LogP contribution in [0.5, 0.6) is 0 Å². The maximum absolute atomic E-state index is 13.0. The van der Waals surface area contributed by atoms with Gasteiger partial charge in [-0.1, -0.05) is 33.6 Å². The Kier molecular flexibility index (Phi) is 4.50. The topological polar surface area (TPSA) is 0 Å². The molecule has 0 saturated carbocycles. The van der Waals surface area contributed by atoms with E-state index >= 15 is 0 Å². The van der Waals surface area contributed by atoms with E-state index in [-0.39, 0.29) is 10.6 Å². The zero-order valence-electron chi connectivity index (χ0n) is 8.81. The van der Waals surface area contributed by atoms with Crippen molar-refractivity contribution in [2.75, 3.05) is 0 Å². The Hall–Kier alpha value is 0.350. The number of alkyl halides is 1. The Balaban J connectivity index is 2.39. The number of thiophene rings is 1. The fourth-order valence-corrected chi connectivity index (χ4v) is 4.71. The summed E-state index contributed by atoms with van der Waals surface area (Å²) in [4.78, 5) is 1.20. The summed E-state index contributed by atoms with van der Waals surface area (Å²) < 4.78 is 14.8. The molecular weight excluding hydrogens is 437 g/mol. The summed E-state index contributed by atoms with van der Waals surface area (Å²) >= 11 is 13.4. The second-order valence-corrected chi connectivity index (χ2v) is 7.40. The molecule has 0 amide bonds. The van der Waals surface area contributed by atoms with Gasteiger partial charge in [-0.05, 0) is 58.8 Å². The summed E-state index contributed by atoms with van der Waals surface area (Å²) in [5.41, 5.74) is 2.14. The van der Waals surface area contributed by atoms with Crippen molar-refractivity contribution in [2.24, 2.45) is 0 Å². The van der Waals surface area contributed by atoms with Crippen molar-refractivity contribution in [1.29, 1.82) is 0 Å². The van der Waals surface area contributed by atoms with Crippen LogP contribution in [0.15, 0.2) is 24.3 Å². The van der Waals surface area contributed by atoms with Crippen LogP contribution in [-0.2, 0) is 0 Å². The number of aryl methyl sites for hydroxylation is 1. The smallest absolute Gasteiger partial charge is 0.124 e. The molecule has 0 aliphatic carbocycles. The van der Waals surface area contributed by atoms with E-state index in [1.165, 1.54) is 12.1 Å². The SMILES string of the molecule is Cc1cc(C(Br)c2ccc(F)cc2I)sc1Cl. The monoisotopic (exact) mass is 444 g/mol. The summed E-state index contributed by atoms with van der Waals surface area (Å²) in [6.45, 7) is 1.98. The van der Waals surface area contributed by atoms with E-state index in [0.29, 0.717) is 0 Å². The second kappa shape index (κ2) is 5.55. The van der Waals surface area contributed by atoms with Crippen molar-refractivity contribution >= 4 is 61.5 Å². The van der Waals surface area contributed by atoms with Crippen LogP contribution >= 0.6 is 61.5 Å². The lowest BCUT2D eigenvalue weighted by atomic mass is 10.1. The van der Waals surface area contributed by atoms with Gasteiger partial charge in [-0.3, -0.25) is 0 Å². The number of hydrogen-bond donors (Lipinski definition) is 0. The highest BCUT2D eigenvalue weighted by molar-refractivity contribution is 14.1. The number of halogens is 4. The zero-order chi connectivity index (χ0) is 12.6. The molecule has 1 atom stereocenters. The number of benzene rings is 1. The van der Waals surface area contributed by atoms with Crippen LogP contribution in [0.1, 0.15) is 20.8 Å². The highest BCUT2D eigenvalue weighted by Gasteiger charge is 2.17. The molecule has 0 radical (unpaired) electrons. The van der Waals surface area contributed by atoms with Crippen molar-refractivity contribution in [1.82, 2.24) is 0 Å². The van der Waals surface area contributed by atoms with E-state index in [2.05, 4.69) is 44.6 Å². The molecule has 17 heavy (non-hydrogen) atoms. The molecule has 1 unspecified atom stereocenters. The van der Waals surface area contributed by atoms with Crippen LogP contribution in [0.25, 0.3) is 0 Å². The molecule has 0 saturated heterocycles. The van der Waals surface area contributed by atoms with Gasteiger partial charge in [0, 0.05) is 8.45 Å². The van der Waals surface area contributed by atoms with E-state index in [9.17, 15) is 4.39 Å². The van der Waals surface area contributed by atoms with Gasteiger partial charge in [0.25, 0.3) is 0 Å². The molecule has 0 spiro atoms. The van der Waals surface area contributed by atoms with Gasteiger partial charge in [0.05, 0.1) is 9.16 Å². The first-order chi connectivity index (χ1) is 7.99. The highest BCUT2D eigenvalue weighted by Crippen LogP contribution is 2.40. The van der Waals surface area contributed by atoms with E-state index in [1.807, 2.05) is 6.92 Å². The van der Waals surface area contributed by atoms with Crippen LogP contribution in [0.4, 0.5) is 4.39 Å². The summed E-state index contributed by atoms with van der Waals surface area (Å²) in [6, 6.07) is 6.88. The summed E-state index contributed by atoms with van der Waals surface area (Å²) in [7, 11) is 0. The van der Waals surface area contributed by atoms with Gasteiger partial charge < -0.3 is 0 Å². The molecule has 2 aromatic rings. The number of rotatable bonds is 2. The van der Waals surface area contributed by atoms with Gasteiger partial charge in [-0.25, -0.2) is 4.39 Å². The van der Waals surface area contributed by atoms with Crippen molar-refractivity contribution in [3.8, 4) is 0 Å². The first-order valence-electron chi connectivity index (χ1n) is 4.84. The Morgan fingerprint density at radius 1 is 1.41 bits per heavy atom. The minimum absolute atomic E-state index is 0.0613. The molecule has 1 aromatic heterocycles. The molecule has 0 bridgehead atoms. The first kappa shape index (κ1) is 13.8. The lowest BCUT2D eigenvalue weighted by Crippen LogP contribution is -1.94. The highest BCUT2D eigenvalue weighted by atomic mass is 127. The van der Waals surface area contributed by atoms with Crippen LogP contribution in [-0.4, -0.2) is 0 Å². The fraction of sp³-hybridized carbons (Fsp3) is 0.167. The molecule has 0 aliphatic rings. The summed E-state index contributed by atoms with van der Waals surface area (Å²) in [5.74, 6) is -0.210. The largest absolute Gasteiger partial charge is 0.207 e. The van der Waals surface area contributed by atoms with Crippen molar-refractivity contribution in [3.63, 3.8) is 0 Å². The maximum Gasteiger partial charge on any atom is 0.124 e. The first-order valence-corrected chi connectivity index (χ1v) is 8.03. The minimum Gasteiger partial charge on any atom is -0.207 e. The molecular formula is C12H8BrClFIS. The zero-order valence-corrected chi connectivity index (χ0v) is 14.1. The minimum atomic E-state index is -0.210. The third kappa shape index (κ3) is 3.03. The third-order valence-electron chi connectivity index (χ3n) is 2.36. The van der Waals surface area contributed by atoms with Crippen molar-refractivity contribution < 1.29 is 4.39 Å². The quantitative estimate of drug-likeness (QED) is 0.397. The molecule has 90 valence electrons. The summed E-state index contributed by atoms with van der Waals surface area (Å²) in [6.07, 6.45) is 0. The van der Waals surface area contributed by atoms with Crippen LogP contribution in [0.3, 0.4) is 0 Å². The van der Waals surface area contributed by atoms with Gasteiger partial charge in [-0.15, -0.1) is 11.3 Å². The number of hydrogen-bond acceptors (Lipinski definition) is 1. The predicted molar refractivity (Wildman–Crippen MR) is 84.0 cm³/mol. The third-order valence-corrected chi connectivity index (χ3v) is 6.21. The average molecular weight is 446 g/mol. The van der Waals surface area contributed by atoms with Gasteiger partial charge in [0.15, 0.2) is 0 Å². The van der Waals surface area contributed by atoms with Gasteiger partial charge in [0.1, 0.15) is 5.82 Å². The second-order valence-electron chi connectivity index (χ2n) is 3.63. The molecule has 1 heterocycles. The van der Waals surface area contributed by atoms with E-state index in [1.54, 1.807) is 17.4 Å². The maximum atomic E-state index is 13.0. The van der Waals surface area contributed by atoms with Gasteiger partial charge in [0.2, 0.25) is 0 Å². The lowest BCUT2D eigenvalue weighted by molar-refractivity contribution is 0.626. The molecule has 0 aliphatic heterocycles. The Morgan fingerprint density at radius 2 is 2.12 bits per heavy atom. The van der Waals surface area contributed by atoms with E-state index in [4.69, 9.17) is 11.6 Å². The lowest BCUT2D eigenvalue weighted by Gasteiger charge is -2.10. The standard InChI is InChI=1S/C12H8BrClFIS/c1-6-4-10(17-12(6)14)11(13)8-3-2-7(15)5-9(8)16/h2-5,11H,1H3. The molecule has 0 N–H and O–H groups in total. The molecule has 5 heteroatoms. The molecule has 0 nitrogen and oxygen atoms in total. The van der Waals surface area contributed by atoms with E-state index in [0.717, 1.165) is 23.9 Å². The van der Waals surface area contributed by atoms with Crippen LogP contribution in [0.2, 0.25) is 4.34 Å². The fourth-order valence-electron chi connectivity index (χ4n) is 1.47. The van der Waals surface area contributed by atoms with Crippen LogP contribution in [0, 0.1) is 16.3 Å². The molecule has 2 rings (SSSR count). The Bertz CT molecular complexity index is 536. The van der Waals surface area contributed by atoms with Gasteiger partial charge in [-0.2, -0.15) is 0 Å². The van der Waals surface area contributed by atoms with Crippen molar-refractivity contribution in [3.05, 3.63) is 54.0 Å². The van der Waals surface area contributed by atoms with Crippen LogP contribution < -0.4 is 0 Å². The Morgan fingerprint density at radius 3 is 2.65 bits per heavy atom. The Labute approximate surface area is 130 Å². The average Bonchev–Trinajstić information content (AvgIpc) is 2.58.